The van der Waals surface area contributed by atoms with Crippen molar-refractivity contribution < 1.29 is 18.4 Å². The predicted molar refractivity (Wildman–Crippen MR) is 42.5 cm³/mol. The smallest absolute Gasteiger partial charge is 0.287 e. The van der Waals surface area contributed by atoms with Crippen LogP contribution in [0.1, 0.15) is 13.8 Å². The molecule has 0 saturated carbocycles. The van der Waals surface area contributed by atoms with Crippen LogP contribution in [0.15, 0.2) is 23.3 Å². The molecule has 0 atom stereocenters. The maximum absolute atomic E-state index is 12.8. The number of hydrogen-bond donors (Lipinski definition) is 0. The second-order valence-electron chi connectivity index (χ2n) is 2.77. The van der Waals surface area contributed by atoms with Crippen molar-refractivity contribution in [3.05, 3.63) is 23.3 Å². The van der Waals surface area contributed by atoms with Gasteiger partial charge in [0.2, 0.25) is 11.6 Å². The standard InChI is InChI=1S/C9H8F2O2/c1-3-4-6-5(2)7(12)9(10,11)8(6)13/h3-4H,1-2H3/b4-3-. The molecule has 0 unspecified atom stereocenters. The minimum Gasteiger partial charge on any atom is -0.287 e. The fourth-order valence-corrected chi connectivity index (χ4v) is 1.17. The molecular weight excluding hydrogens is 178 g/mol. The molecule has 0 aromatic heterocycles. The van der Waals surface area contributed by atoms with Crippen LogP contribution in [-0.2, 0) is 9.59 Å². The van der Waals surface area contributed by atoms with E-state index in [-0.39, 0.29) is 11.1 Å². The van der Waals surface area contributed by atoms with Crippen LogP contribution in [-0.4, -0.2) is 17.5 Å². The van der Waals surface area contributed by atoms with Crippen molar-refractivity contribution in [2.75, 3.05) is 0 Å². The molecule has 0 heterocycles. The van der Waals surface area contributed by atoms with Crippen molar-refractivity contribution in [3.63, 3.8) is 0 Å². The molecule has 13 heavy (non-hydrogen) atoms. The van der Waals surface area contributed by atoms with E-state index in [0.717, 1.165) is 0 Å². The highest BCUT2D eigenvalue weighted by Gasteiger charge is 2.54. The SMILES string of the molecule is C/C=C\C1=C(C)C(=O)C(F)(F)C1=O. The Morgan fingerprint density at radius 1 is 1.23 bits per heavy atom. The zero-order chi connectivity index (χ0) is 10.2. The van der Waals surface area contributed by atoms with E-state index in [1.54, 1.807) is 6.92 Å². The van der Waals surface area contributed by atoms with E-state index in [1.165, 1.54) is 19.1 Å². The largest absolute Gasteiger partial charge is 0.371 e. The van der Waals surface area contributed by atoms with Gasteiger partial charge in [0.1, 0.15) is 0 Å². The first-order valence-corrected chi connectivity index (χ1v) is 3.74. The summed E-state index contributed by atoms with van der Waals surface area (Å²) in [5.74, 6) is -6.63. The summed E-state index contributed by atoms with van der Waals surface area (Å²) >= 11 is 0. The Hall–Kier alpha value is -1.32. The Balaban J connectivity index is 3.25. The Morgan fingerprint density at radius 3 is 2.08 bits per heavy atom. The molecule has 0 N–H and O–H groups in total. The lowest BCUT2D eigenvalue weighted by Gasteiger charge is -2.03. The highest BCUT2D eigenvalue weighted by atomic mass is 19.3. The quantitative estimate of drug-likeness (QED) is 0.583. The van der Waals surface area contributed by atoms with Gasteiger partial charge >= 0.3 is 5.92 Å². The first kappa shape index (κ1) is 9.77. The lowest BCUT2D eigenvalue weighted by atomic mass is 10.1. The fourth-order valence-electron chi connectivity index (χ4n) is 1.17. The van der Waals surface area contributed by atoms with Gasteiger partial charge < -0.3 is 0 Å². The highest BCUT2D eigenvalue weighted by molar-refractivity contribution is 6.29. The number of ketones is 2. The Morgan fingerprint density at radius 2 is 1.77 bits per heavy atom. The normalized spacial score (nSPS) is 22.2. The molecule has 0 aromatic rings. The maximum atomic E-state index is 12.8. The number of hydrogen-bond acceptors (Lipinski definition) is 2. The Bertz CT molecular complexity index is 338. The average molecular weight is 186 g/mol. The highest BCUT2D eigenvalue weighted by Crippen LogP contribution is 2.33. The third kappa shape index (κ3) is 1.22. The molecule has 2 nitrogen and oxygen atoms in total. The number of allylic oxidation sites excluding steroid dienone is 4. The van der Waals surface area contributed by atoms with Gasteiger partial charge in [0.25, 0.3) is 0 Å². The van der Waals surface area contributed by atoms with E-state index in [4.69, 9.17) is 0 Å². The van der Waals surface area contributed by atoms with Crippen molar-refractivity contribution in [1.82, 2.24) is 0 Å². The minimum atomic E-state index is -3.85. The number of carbonyl (C=O) groups excluding carboxylic acids is 2. The zero-order valence-corrected chi connectivity index (χ0v) is 7.23. The molecule has 1 rings (SSSR count). The van der Waals surface area contributed by atoms with Crippen molar-refractivity contribution >= 4 is 11.6 Å². The second-order valence-corrected chi connectivity index (χ2v) is 2.77. The van der Waals surface area contributed by atoms with Crippen LogP contribution in [0.5, 0.6) is 0 Å². The zero-order valence-electron chi connectivity index (χ0n) is 7.23. The molecule has 0 spiro atoms. The van der Waals surface area contributed by atoms with E-state index >= 15 is 0 Å². The van der Waals surface area contributed by atoms with Crippen LogP contribution in [0.25, 0.3) is 0 Å². The van der Waals surface area contributed by atoms with Gasteiger partial charge in [-0.2, -0.15) is 8.78 Å². The third-order valence-corrected chi connectivity index (χ3v) is 1.89. The number of Topliss-reactive ketones (excluding diaryl/α,β-unsaturated/α-hetero) is 2. The summed E-state index contributed by atoms with van der Waals surface area (Å²) in [6, 6.07) is 0. The summed E-state index contributed by atoms with van der Waals surface area (Å²) in [5.41, 5.74) is -0.342. The average Bonchev–Trinajstić information content (AvgIpc) is 2.21. The number of carbonyl (C=O) groups is 2. The Kier molecular flexibility index (Phi) is 2.15. The summed E-state index contributed by atoms with van der Waals surface area (Å²) in [7, 11) is 0. The van der Waals surface area contributed by atoms with Crippen LogP contribution in [0.3, 0.4) is 0 Å². The van der Waals surface area contributed by atoms with Crippen LogP contribution in [0, 0.1) is 0 Å². The van der Waals surface area contributed by atoms with Gasteiger partial charge in [-0.1, -0.05) is 12.2 Å². The van der Waals surface area contributed by atoms with Crippen LogP contribution >= 0.6 is 0 Å². The van der Waals surface area contributed by atoms with E-state index in [0.29, 0.717) is 0 Å². The topological polar surface area (TPSA) is 34.1 Å². The Labute approximate surface area is 73.9 Å². The van der Waals surface area contributed by atoms with Crippen LogP contribution in [0.4, 0.5) is 8.78 Å². The number of alkyl halides is 2. The predicted octanol–water partition coefficient (Wildman–Crippen LogP) is 1.67. The molecule has 0 radical (unpaired) electrons. The van der Waals surface area contributed by atoms with Crippen LogP contribution < -0.4 is 0 Å². The molecular formula is C9H8F2O2. The number of rotatable bonds is 1. The molecule has 0 aromatic carbocycles. The summed E-state index contributed by atoms with van der Waals surface area (Å²) in [6.45, 7) is 2.82. The summed E-state index contributed by atoms with van der Waals surface area (Å²) in [4.78, 5) is 21.8. The van der Waals surface area contributed by atoms with Gasteiger partial charge in [-0.05, 0) is 13.8 Å². The van der Waals surface area contributed by atoms with Gasteiger partial charge in [-0.15, -0.1) is 0 Å². The fraction of sp³-hybridized carbons (Fsp3) is 0.333. The summed E-state index contributed by atoms with van der Waals surface area (Å²) < 4.78 is 25.6. The van der Waals surface area contributed by atoms with Crippen LogP contribution in [0.2, 0.25) is 0 Å². The lowest BCUT2D eigenvalue weighted by molar-refractivity contribution is -0.148. The molecule has 1 aliphatic rings. The van der Waals surface area contributed by atoms with Gasteiger partial charge in [0.05, 0.1) is 0 Å². The first-order chi connectivity index (χ1) is 5.92. The minimum absolute atomic E-state index is 0.159. The maximum Gasteiger partial charge on any atom is 0.371 e. The van der Waals surface area contributed by atoms with Gasteiger partial charge in [0, 0.05) is 11.1 Å². The van der Waals surface area contributed by atoms with E-state index in [1.807, 2.05) is 0 Å². The molecule has 0 bridgehead atoms. The molecule has 0 fully saturated rings. The third-order valence-electron chi connectivity index (χ3n) is 1.89. The van der Waals surface area contributed by atoms with Gasteiger partial charge in [0.15, 0.2) is 0 Å². The molecule has 4 heteroatoms. The monoisotopic (exact) mass is 186 g/mol. The number of halogens is 2. The second kappa shape index (κ2) is 2.87. The van der Waals surface area contributed by atoms with Crippen molar-refractivity contribution in [2.24, 2.45) is 0 Å². The van der Waals surface area contributed by atoms with E-state index < -0.39 is 17.5 Å². The van der Waals surface area contributed by atoms with Crippen molar-refractivity contribution in [1.29, 1.82) is 0 Å². The van der Waals surface area contributed by atoms with Gasteiger partial charge in [-0.3, -0.25) is 9.59 Å². The van der Waals surface area contributed by atoms with Crippen molar-refractivity contribution in [2.45, 2.75) is 19.8 Å². The first-order valence-electron chi connectivity index (χ1n) is 3.74. The lowest BCUT2D eigenvalue weighted by Crippen LogP contribution is -2.32. The summed E-state index contributed by atoms with van der Waals surface area (Å²) in [6.07, 6.45) is 2.68. The summed E-state index contributed by atoms with van der Waals surface area (Å²) in [5, 5.41) is 0. The molecule has 0 aliphatic heterocycles. The molecule has 70 valence electrons. The van der Waals surface area contributed by atoms with Crippen molar-refractivity contribution in [3.8, 4) is 0 Å². The van der Waals surface area contributed by atoms with E-state index in [2.05, 4.69) is 0 Å². The molecule has 1 aliphatic carbocycles. The molecule has 0 saturated heterocycles. The van der Waals surface area contributed by atoms with E-state index in [9.17, 15) is 18.4 Å². The van der Waals surface area contributed by atoms with Gasteiger partial charge in [-0.25, -0.2) is 0 Å². The molecule has 0 amide bonds.